The number of nitrogens with two attached hydrogens (primary N) is 1. The van der Waals surface area contributed by atoms with Crippen molar-refractivity contribution in [2.75, 3.05) is 30.8 Å². The Labute approximate surface area is 97.2 Å². The van der Waals surface area contributed by atoms with Crippen molar-refractivity contribution in [1.82, 2.24) is 0 Å². The zero-order valence-electron chi connectivity index (χ0n) is 10.3. The lowest BCUT2D eigenvalue weighted by Crippen LogP contribution is -2.22. The van der Waals surface area contributed by atoms with Crippen molar-refractivity contribution in [1.29, 1.82) is 0 Å². The molecule has 0 saturated carbocycles. The fourth-order valence-corrected chi connectivity index (χ4v) is 2.24. The average molecular weight is 220 g/mol. The smallest absolute Gasteiger partial charge is 0.122 e. The summed E-state index contributed by atoms with van der Waals surface area (Å²) < 4.78 is 5.24. The van der Waals surface area contributed by atoms with Gasteiger partial charge < -0.3 is 15.4 Å². The first-order valence-electron chi connectivity index (χ1n) is 5.70. The van der Waals surface area contributed by atoms with E-state index in [0.717, 1.165) is 24.5 Å². The van der Waals surface area contributed by atoms with Gasteiger partial charge in [-0.15, -0.1) is 0 Å². The number of hydrogen-bond donors (Lipinski definition) is 1. The predicted molar refractivity (Wildman–Crippen MR) is 68.0 cm³/mol. The molecule has 3 heteroatoms. The number of nitrogens with zero attached hydrogens (tertiary/aromatic N) is 1. The maximum Gasteiger partial charge on any atom is 0.122 e. The first-order chi connectivity index (χ1) is 7.50. The third kappa shape index (κ3) is 2.23. The van der Waals surface area contributed by atoms with Gasteiger partial charge in [0.1, 0.15) is 5.75 Å². The first-order valence-corrected chi connectivity index (χ1v) is 5.70. The van der Waals surface area contributed by atoms with Crippen LogP contribution in [0.5, 0.6) is 5.75 Å². The highest BCUT2D eigenvalue weighted by Crippen LogP contribution is 2.34. The molecular weight excluding hydrogens is 200 g/mol. The Morgan fingerprint density at radius 2 is 2.06 bits per heavy atom. The van der Waals surface area contributed by atoms with E-state index in [4.69, 9.17) is 10.5 Å². The normalized spacial score (nSPS) is 18.8. The molecule has 2 rings (SSSR count). The Morgan fingerprint density at radius 3 is 2.62 bits per heavy atom. The molecule has 0 aromatic heterocycles. The summed E-state index contributed by atoms with van der Waals surface area (Å²) in [4.78, 5) is 2.37. The Morgan fingerprint density at radius 1 is 1.31 bits per heavy atom. The second-order valence-corrected chi connectivity index (χ2v) is 5.30. The van der Waals surface area contributed by atoms with Crippen molar-refractivity contribution in [2.45, 2.75) is 20.3 Å². The molecule has 16 heavy (non-hydrogen) atoms. The van der Waals surface area contributed by atoms with Crippen LogP contribution in [0.25, 0.3) is 0 Å². The number of ether oxygens (including phenoxy) is 1. The van der Waals surface area contributed by atoms with Crippen LogP contribution in [0.3, 0.4) is 0 Å². The fraction of sp³-hybridized carbons (Fsp3) is 0.538. The number of nitrogen functional groups attached to an aromatic ring is 1. The Balaban J connectivity index is 2.24. The van der Waals surface area contributed by atoms with E-state index in [2.05, 4.69) is 24.8 Å². The largest absolute Gasteiger partial charge is 0.497 e. The summed E-state index contributed by atoms with van der Waals surface area (Å²) in [7, 11) is 1.67. The molecule has 1 aromatic rings. The van der Waals surface area contributed by atoms with Crippen molar-refractivity contribution in [3.63, 3.8) is 0 Å². The van der Waals surface area contributed by atoms with E-state index in [1.165, 1.54) is 12.1 Å². The summed E-state index contributed by atoms with van der Waals surface area (Å²) >= 11 is 0. The van der Waals surface area contributed by atoms with E-state index in [-0.39, 0.29) is 0 Å². The topological polar surface area (TPSA) is 38.5 Å². The second-order valence-electron chi connectivity index (χ2n) is 5.30. The van der Waals surface area contributed by atoms with Crippen LogP contribution in [0.4, 0.5) is 11.4 Å². The summed E-state index contributed by atoms with van der Waals surface area (Å²) in [5.74, 6) is 0.833. The molecule has 1 fully saturated rings. The predicted octanol–water partition coefficient (Wildman–Crippen LogP) is 2.51. The molecule has 2 N–H and O–H groups in total. The zero-order valence-corrected chi connectivity index (χ0v) is 10.3. The number of rotatable bonds is 2. The molecule has 0 aliphatic carbocycles. The highest BCUT2D eigenvalue weighted by molar-refractivity contribution is 5.61. The summed E-state index contributed by atoms with van der Waals surface area (Å²) in [5.41, 5.74) is 8.20. The van der Waals surface area contributed by atoms with E-state index in [0.29, 0.717) is 5.41 Å². The fourth-order valence-electron chi connectivity index (χ4n) is 2.24. The molecule has 0 amide bonds. The molecule has 0 radical (unpaired) electrons. The first kappa shape index (κ1) is 11.1. The lowest BCUT2D eigenvalue weighted by molar-refractivity contribution is 0.414. The molecule has 88 valence electrons. The van der Waals surface area contributed by atoms with Crippen LogP contribution in [0.15, 0.2) is 18.2 Å². The van der Waals surface area contributed by atoms with Crippen LogP contribution < -0.4 is 15.4 Å². The van der Waals surface area contributed by atoms with Crippen LogP contribution in [-0.2, 0) is 0 Å². The highest BCUT2D eigenvalue weighted by Gasteiger charge is 2.29. The SMILES string of the molecule is COc1cc(N)cc(N2CCC(C)(C)C2)c1. The Hall–Kier alpha value is -1.38. The molecule has 0 bridgehead atoms. The molecule has 1 saturated heterocycles. The van der Waals surface area contributed by atoms with Gasteiger partial charge in [0.05, 0.1) is 7.11 Å². The minimum absolute atomic E-state index is 0.401. The van der Waals surface area contributed by atoms with Gasteiger partial charge in [-0.1, -0.05) is 13.8 Å². The van der Waals surface area contributed by atoms with Crippen molar-refractivity contribution in [3.05, 3.63) is 18.2 Å². The lowest BCUT2D eigenvalue weighted by Gasteiger charge is -2.22. The standard InChI is InChI=1S/C13H20N2O/c1-13(2)4-5-15(9-13)11-6-10(14)7-12(8-11)16-3/h6-8H,4-5,9,14H2,1-3H3. The average Bonchev–Trinajstić information content (AvgIpc) is 2.58. The molecule has 1 heterocycles. The molecule has 1 aliphatic heterocycles. The summed E-state index contributed by atoms with van der Waals surface area (Å²) in [5, 5.41) is 0. The van der Waals surface area contributed by atoms with Crippen LogP contribution >= 0.6 is 0 Å². The quantitative estimate of drug-likeness (QED) is 0.778. The van der Waals surface area contributed by atoms with Gasteiger partial charge in [0.2, 0.25) is 0 Å². The van der Waals surface area contributed by atoms with E-state index < -0.39 is 0 Å². The van der Waals surface area contributed by atoms with E-state index in [1.54, 1.807) is 7.11 Å². The monoisotopic (exact) mass is 220 g/mol. The third-order valence-corrected chi connectivity index (χ3v) is 3.19. The van der Waals surface area contributed by atoms with Crippen molar-refractivity contribution in [2.24, 2.45) is 5.41 Å². The molecule has 1 aromatic carbocycles. The summed E-state index contributed by atoms with van der Waals surface area (Å²) in [6, 6.07) is 5.92. The van der Waals surface area contributed by atoms with Crippen molar-refractivity contribution >= 4 is 11.4 Å². The van der Waals surface area contributed by atoms with Crippen LogP contribution in [-0.4, -0.2) is 20.2 Å². The maximum absolute atomic E-state index is 5.86. The number of hydrogen-bond acceptors (Lipinski definition) is 3. The van der Waals surface area contributed by atoms with Gasteiger partial charge in [-0.2, -0.15) is 0 Å². The van der Waals surface area contributed by atoms with Crippen LogP contribution in [0.1, 0.15) is 20.3 Å². The summed E-state index contributed by atoms with van der Waals surface area (Å²) in [6.07, 6.45) is 1.23. The molecule has 3 nitrogen and oxygen atoms in total. The maximum atomic E-state index is 5.86. The van der Waals surface area contributed by atoms with Gasteiger partial charge in [0, 0.05) is 36.6 Å². The number of anilines is 2. The van der Waals surface area contributed by atoms with Crippen LogP contribution in [0.2, 0.25) is 0 Å². The molecule has 0 unspecified atom stereocenters. The highest BCUT2D eigenvalue weighted by atomic mass is 16.5. The van der Waals surface area contributed by atoms with E-state index >= 15 is 0 Å². The zero-order chi connectivity index (χ0) is 11.8. The minimum atomic E-state index is 0.401. The van der Waals surface area contributed by atoms with Gasteiger partial charge in [0.25, 0.3) is 0 Å². The second kappa shape index (κ2) is 3.89. The van der Waals surface area contributed by atoms with E-state index in [9.17, 15) is 0 Å². The molecular formula is C13H20N2O. The lowest BCUT2D eigenvalue weighted by atomic mass is 9.93. The minimum Gasteiger partial charge on any atom is -0.497 e. The van der Waals surface area contributed by atoms with Gasteiger partial charge in [-0.05, 0) is 17.9 Å². The molecule has 0 spiro atoms. The summed E-state index contributed by atoms with van der Waals surface area (Å²) in [6.45, 7) is 6.78. The van der Waals surface area contributed by atoms with Gasteiger partial charge in [-0.25, -0.2) is 0 Å². The molecule has 0 atom stereocenters. The van der Waals surface area contributed by atoms with E-state index in [1.807, 2.05) is 12.1 Å². The van der Waals surface area contributed by atoms with Gasteiger partial charge in [0.15, 0.2) is 0 Å². The van der Waals surface area contributed by atoms with Gasteiger partial charge >= 0.3 is 0 Å². The number of methoxy groups -OCH3 is 1. The van der Waals surface area contributed by atoms with Gasteiger partial charge in [-0.3, -0.25) is 0 Å². The van der Waals surface area contributed by atoms with Crippen molar-refractivity contribution < 1.29 is 4.74 Å². The Bertz CT molecular complexity index is 388. The number of benzene rings is 1. The van der Waals surface area contributed by atoms with Crippen LogP contribution in [0, 0.1) is 5.41 Å². The third-order valence-electron chi connectivity index (χ3n) is 3.19. The van der Waals surface area contributed by atoms with Crippen molar-refractivity contribution in [3.8, 4) is 5.75 Å². The molecule has 1 aliphatic rings. The Kier molecular flexibility index (Phi) is 2.70.